The molecular formula is C18H24F2N2O2. The summed E-state index contributed by atoms with van der Waals surface area (Å²) in [6.07, 6.45) is -0.675. The van der Waals surface area contributed by atoms with Crippen molar-refractivity contribution in [2.75, 3.05) is 31.1 Å². The molecule has 1 aromatic carbocycles. The number of benzene rings is 1. The van der Waals surface area contributed by atoms with E-state index in [1.54, 1.807) is 11.0 Å². The lowest BCUT2D eigenvalue weighted by Gasteiger charge is -2.37. The van der Waals surface area contributed by atoms with Crippen molar-refractivity contribution in [3.63, 3.8) is 0 Å². The number of ether oxygens (including phenoxy) is 1. The van der Waals surface area contributed by atoms with Crippen molar-refractivity contribution in [1.82, 2.24) is 4.90 Å². The molecule has 0 N–H and O–H groups in total. The van der Waals surface area contributed by atoms with Gasteiger partial charge in [0, 0.05) is 44.7 Å². The number of fused-ring (bicyclic) bond motifs is 1. The van der Waals surface area contributed by atoms with Gasteiger partial charge in [-0.15, -0.1) is 0 Å². The first-order chi connectivity index (χ1) is 11.1. The highest BCUT2D eigenvalue weighted by molar-refractivity contribution is 5.69. The van der Waals surface area contributed by atoms with E-state index in [-0.39, 0.29) is 18.9 Å². The molecule has 1 fully saturated rings. The lowest BCUT2D eigenvalue weighted by molar-refractivity contribution is 0.0131. The Morgan fingerprint density at radius 1 is 1.12 bits per heavy atom. The number of hydrogen-bond acceptors (Lipinski definition) is 3. The van der Waals surface area contributed by atoms with Gasteiger partial charge in [-0.25, -0.2) is 13.6 Å². The molecule has 1 aliphatic carbocycles. The van der Waals surface area contributed by atoms with Crippen LogP contribution >= 0.6 is 0 Å². The van der Waals surface area contributed by atoms with Gasteiger partial charge in [-0.2, -0.15) is 0 Å². The third kappa shape index (κ3) is 3.62. The lowest BCUT2D eigenvalue weighted by Crippen LogP contribution is -2.50. The Bertz CT molecular complexity index is 632. The van der Waals surface area contributed by atoms with Crippen LogP contribution in [0.3, 0.4) is 0 Å². The molecule has 6 heteroatoms. The molecule has 0 unspecified atom stereocenters. The summed E-state index contributed by atoms with van der Waals surface area (Å²) in [5.74, 6) is -2.64. The summed E-state index contributed by atoms with van der Waals surface area (Å²) in [5.41, 5.74) is 1.87. The molecule has 1 saturated heterocycles. The van der Waals surface area contributed by atoms with Gasteiger partial charge < -0.3 is 14.5 Å². The summed E-state index contributed by atoms with van der Waals surface area (Å²) in [6, 6.07) is 5.54. The number of carbonyl (C=O) groups is 1. The van der Waals surface area contributed by atoms with Crippen molar-refractivity contribution in [2.45, 2.75) is 45.1 Å². The molecule has 0 bridgehead atoms. The van der Waals surface area contributed by atoms with Gasteiger partial charge in [0.15, 0.2) is 0 Å². The van der Waals surface area contributed by atoms with Gasteiger partial charge >= 0.3 is 6.09 Å². The molecule has 1 heterocycles. The van der Waals surface area contributed by atoms with E-state index in [0.717, 1.165) is 16.8 Å². The smallest absolute Gasteiger partial charge is 0.410 e. The molecule has 0 aromatic heterocycles. The topological polar surface area (TPSA) is 32.8 Å². The molecule has 3 rings (SSSR count). The number of piperazine rings is 1. The zero-order chi connectivity index (χ0) is 17.5. The fourth-order valence-corrected chi connectivity index (χ4v) is 3.34. The maximum absolute atomic E-state index is 13.7. The number of rotatable bonds is 1. The number of hydrogen-bond donors (Lipinski definition) is 0. The molecule has 24 heavy (non-hydrogen) atoms. The zero-order valence-corrected chi connectivity index (χ0v) is 14.4. The number of amides is 1. The minimum absolute atomic E-state index is 0.173. The molecule has 1 aromatic rings. The van der Waals surface area contributed by atoms with E-state index in [1.165, 1.54) is 0 Å². The summed E-state index contributed by atoms with van der Waals surface area (Å²) >= 11 is 0. The van der Waals surface area contributed by atoms with Crippen LogP contribution in [0.15, 0.2) is 18.2 Å². The molecule has 1 amide bonds. The highest BCUT2D eigenvalue weighted by Crippen LogP contribution is 2.39. The fourth-order valence-electron chi connectivity index (χ4n) is 3.34. The van der Waals surface area contributed by atoms with Gasteiger partial charge in [0.1, 0.15) is 5.60 Å². The standard InChI is InChI=1S/C18H24F2N2O2/c1-17(2,3)24-16(23)22-9-7-21(8-10-22)15-6-4-5-13-11-18(19,20)12-14(13)15/h4-6H,7-12H2,1-3H3. The zero-order valence-electron chi connectivity index (χ0n) is 14.4. The maximum Gasteiger partial charge on any atom is 0.410 e. The van der Waals surface area contributed by atoms with E-state index in [9.17, 15) is 13.6 Å². The highest BCUT2D eigenvalue weighted by Gasteiger charge is 2.39. The Hall–Kier alpha value is -1.85. The van der Waals surface area contributed by atoms with E-state index in [0.29, 0.717) is 26.2 Å². The molecule has 132 valence electrons. The van der Waals surface area contributed by atoms with Crippen LogP contribution in [-0.2, 0) is 17.6 Å². The van der Waals surface area contributed by atoms with Crippen LogP contribution in [-0.4, -0.2) is 48.7 Å². The van der Waals surface area contributed by atoms with Gasteiger partial charge in [0.25, 0.3) is 5.92 Å². The van der Waals surface area contributed by atoms with Gasteiger partial charge in [0.05, 0.1) is 0 Å². The lowest BCUT2D eigenvalue weighted by atomic mass is 10.1. The predicted molar refractivity (Wildman–Crippen MR) is 88.8 cm³/mol. The summed E-state index contributed by atoms with van der Waals surface area (Å²) in [5, 5.41) is 0. The van der Waals surface area contributed by atoms with Crippen LogP contribution < -0.4 is 4.90 Å². The number of halogens is 2. The number of alkyl halides is 2. The minimum Gasteiger partial charge on any atom is -0.444 e. The van der Waals surface area contributed by atoms with Crippen LogP contribution in [0.2, 0.25) is 0 Å². The second-order valence-corrected chi connectivity index (χ2v) is 7.58. The SMILES string of the molecule is CC(C)(C)OC(=O)N1CCN(c2cccc3c2CC(F)(F)C3)CC1. The van der Waals surface area contributed by atoms with Crippen molar-refractivity contribution in [3.05, 3.63) is 29.3 Å². The number of nitrogens with zero attached hydrogens (tertiary/aromatic N) is 2. The summed E-state index contributed by atoms with van der Waals surface area (Å²) in [7, 11) is 0. The largest absolute Gasteiger partial charge is 0.444 e. The van der Waals surface area contributed by atoms with E-state index in [4.69, 9.17) is 4.74 Å². The highest BCUT2D eigenvalue weighted by atomic mass is 19.3. The Kier molecular flexibility index (Phi) is 4.18. The summed E-state index contributed by atoms with van der Waals surface area (Å²) < 4.78 is 32.8. The van der Waals surface area contributed by atoms with Gasteiger partial charge in [-0.1, -0.05) is 12.1 Å². The normalized spacial score (nSPS) is 20.0. The van der Waals surface area contributed by atoms with E-state index >= 15 is 0 Å². The monoisotopic (exact) mass is 338 g/mol. The summed E-state index contributed by atoms with van der Waals surface area (Å²) in [4.78, 5) is 15.9. The Balaban J connectivity index is 1.67. The fraction of sp³-hybridized carbons (Fsp3) is 0.611. The second kappa shape index (κ2) is 5.90. The molecule has 4 nitrogen and oxygen atoms in total. The molecule has 0 saturated carbocycles. The van der Waals surface area contributed by atoms with Crippen LogP contribution in [0.25, 0.3) is 0 Å². The minimum atomic E-state index is -2.64. The van der Waals surface area contributed by atoms with Crippen LogP contribution in [0.1, 0.15) is 31.9 Å². The van der Waals surface area contributed by atoms with Crippen LogP contribution in [0.5, 0.6) is 0 Å². The van der Waals surface area contributed by atoms with Crippen molar-refractivity contribution in [3.8, 4) is 0 Å². The first-order valence-electron chi connectivity index (χ1n) is 8.36. The Morgan fingerprint density at radius 3 is 2.42 bits per heavy atom. The quantitative estimate of drug-likeness (QED) is 0.786. The number of carbonyl (C=O) groups excluding carboxylic acids is 1. The molecule has 0 spiro atoms. The van der Waals surface area contributed by atoms with Gasteiger partial charge in [0.2, 0.25) is 0 Å². The van der Waals surface area contributed by atoms with Crippen molar-refractivity contribution >= 4 is 11.8 Å². The third-order valence-electron chi connectivity index (χ3n) is 4.40. The summed E-state index contributed by atoms with van der Waals surface area (Å²) in [6.45, 7) is 7.85. The van der Waals surface area contributed by atoms with Gasteiger partial charge in [-0.05, 0) is 38.0 Å². The predicted octanol–water partition coefficient (Wildman–Crippen LogP) is 3.48. The molecule has 1 aliphatic heterocycles. The van der Waals surface area contributed by atoms with Crippen molar-refractivity contribution < 1.29 is 18.3 Å². The van der Waals surface area contributed by atoms with Crippen LogP contribution in [0.4, 0.5) is 19.3 Å². The van der Waals surface area contributed by atoms with E-state index in [1.807, 2.05) is 32.9 Å². The molecular weight excluding hydrogens is 314 g/mol. The third-order valence-corrected chi connectivity index (χ3v) is 4.40. The van der Waals surface area contributed by atoms with Crippen molar-refractivity contribution in [1.29, 1.82) is 0 Å². The van der Waals surface area contributed by atoms with E-state index < -0.39 is 11.5 Å². The molecule has 0 atom stereocenters. The average molecular weight is 338 g/mol. The molecule has 0 radical (unpaired) electrons. The second-order valence-electron chi connectivity index (χ2n) is 7.58. The van der Waals surface area contributed by atoms with E-state index in [2.05, 4.69) is 4.90 Å². The maximum atomic E-state index is 13.7. The van der Waals surface area contributed by atoms with Crippen LogP contribution in [0, 0.1) is 0 Å². The first kappa shape index (κ1) is 17.0. The Morgan fingerprint density at radius 2 is 1.79 bits per heavy atom. The number of anilines is 1. The average Bonchev–Trinajstić information content (AvgIpc) is 2.79. The molecule has 2 aliphatic rings. The Labute approximate surface area is 141 Å². The van der Waals surface area contributed by atoms with Gasteiger partial charge in [-0.3, -0.25) is 0 Å². The van der Waals surface area contributed by atoms with Crippen molar-refractivity contribution in [2.24, 2.45) is 0 Å². The first-order valence-corrected chi connectivity index (χ1v) is 8.36.